The number of hydrogen-bond donors (Lipinski definition) is 2. The van der Waals surface area contributed by atoms with Crippen molar-refractivity contribution in [3.8, 4) is 0 Å². The normalized spacial score (nSPS) is 21.9. The van der Waals surface area contributed by atoms with E-state index in [0.717, 1.165) is 4.88 Å². The van der Waals surface area contributed by atoms with E-state index in [1.54, 1.807) is 39.0 Å². The third-order valence-corrected chi connectivity index (χ3v) is 6.98. The summed E-state index contributed by atoms with van der Waals surface area (Å²) >= 11 is 1.55. The molecule has 10 heteroatoms. The molecule has 2 aliphatic heterocycles. The van der Waals surface area contributed by atoms with E-state index in [9.17, 15) is 19.5 Å². The maximum absolute atomic E-state index is 13.1. The first kappa shape index (κ1) is 26.6. The molecule has 2 fully saturated rings. The van der Waals surface area contributed by atoms with Gasteiger partial charge in [0.2, 0.25) is 11.7 Å². The molecule has 2 saturated heterocycles. The number of ether oxygens (including phenoxy) is 3. The average molecular weight is 497 g/mol. The Morgan fingerprint density at radius 1 is 1.32 bits per heavy atom. The molecule has 0 radical (unpaired) electrons. The zero-order valence-electron chi connectivity index (χ0n) is 20.4. The molecule has 0 aromatic carbocycles. The van der Waals surface area contributed by atoms with Crippen LogP contribution in [0, 0.1) is 0 Å². The summed E-state index contributed by atoms with van der Waals surface area (Å²) in [6.07, 6.45) is 2.61. The van der Waals surface area contributed by atoms with Gasteiger partial charge >= 0.3 is 11.9 Å². The van der Waals surface area contributed by atoms with Crippen molar-refractivity contribution in [1.82, 2.24) is 10.2 Å². The Balaban J connectivity index is 1.57. The van der Waals surface area contributed by atoms with Gasteiger partial charge in [-0.05, 0) is 64.8 Å². The number of hydrogen-bond acceptors (Lipinski definition) is 8. The van der Waals surface area contributed by atoms with Crippen LogP contribution in [-0.4, -0.2) is 71.3 Å². The zero-order chi connectivity index (χ0) is 24.9. The van der Waals surface area contributed by atoms with E-state index < -0.39 is 41.5 Å². The van der Waals surface area contributed by atoms with Crippen molar-refractivity contribution in [3.63, 3.8) is 0 Å². The van der Waals surface area contributed by atoms with Gasteiger partial charge in [0.15, 0.2) is 0 Å². The first-order valence-electron chi connectivity index (χ1n) is 11.9. The molecule has 1 aromatic rings. The van der Waals surface area contributed by atoms with E-state index in [1.807, 2.05) is 17.5 Å². The second-order valence-corrected chi connectivity index (χ2v) is 10.8. The standard InChI is InChI=1S/C24H36N2O7S/c1-16(20(27)26-12-6-9-18(26)22(30)33-23(2,3)4)25-17(21(28)29)8-5-11-24(31-13-14-32-24)19-10-7-15-34-19/h7,10,15-18,25H,5-6,8-9,11-14H2,1-4H3,(H,28,29)/t16-,17?,18-/m0/s1. The zero-order valence-corrected chi connectivity index (χ0v) is 21.2. The van der Waals surface area contributed by atoms with Gasteiger partial charge in [-0.15, -0.1) is 11.3 Å². The Kier molecular flexibility index (Phi) is 8.72. The Hall–Kier alpha value is -2.01. The molecule has 2 N–H and O–H groups in total. The van der Waals surface area contributed by atoms with Crippen LogP contribution in [0.25, 0.3) is 0 Å². The summed E-state index contributed by atoms with van der Waals surface area (Å²) in [6, 6.07) is 1.59. The van der Waals surface area contributed by atoms with Crippen LogP contribution in [0.5, 0.6) is 0 Å². The van der Waals surface area contributed by atoms with E-state index in [0.29, 0.717) is 51.9 Å². The minimum absolute atomic E-state index is 0.294. The molecule has 1 aromatic heterocycles. The maximum atomic E-state index is 13.1. The van der Waals surface area contributed by atoms with E-state index in [2.05, 4.69) is 5.32 Å². The van der Waals surface area contributed by atoms with E-state index in [1.165, 1.54) is 4.90 Å². The van der Waals surface area contributed by atoms with Crippen molar-refractivity contribution in [2.45, 2.75) is 89.3 Å². The number of carboxylic acids is 1. The number of rotatable bonds is 10. The van der Waals surface area contributed by atoms with E-state index >= 15 is 0 Å². The summed E-state index contributed by atoms with van der Waals surface area (Å²) in [5.41, 5.74) is -0.639. The molecule has 0 spiro atoms. The van der Waals surface area contributed by atoms with Crippen molar-refractivity contribution in [2.24, 2.45) is 0 Å². The molecular weight excluding hydrogens is 460 g/mol. The molecule has 1 unspecified atom stereocenters. The molecule has 9 nitrogen and oxygen atoms in total. The first-order valence-corrected chi connectivity index (χ1v) is 12.7. The SMILES string of the molecule is C[C@H](NC(CCCC1(c2cccs2)OCCO1)C(=O)O)C(=O)N1CCC[C@H]1C(=O)OC(C)(C)C. The number of carboxylic acid groups (broad SMARTS) is 1. The highest BCUT2D eigenvalue weighted by Gasteiger charge is 2.41. The molecule has 34 heavy (non-hydrogen) atoms. The lowest BCUT2D eigenvalue weighted by Gasteiger charge is -2.30. The fourth-order valence-corrected chi connectivity index (χ4v) is 5.30. The second-order valence-electron chi connectivity index (χ2n) is 9.82. The third kappa shape index (κ3) is 6.56. The smallest absolute Gasteiger partial charge is 0.329 e. The number of esters is 1. The van der Waals surface area contributed by atoms with Gasteiger partial charge in [-0.3, -0.25) is 14.9 Å². The highest BCUT2D eigenvalue weighted by molar-refractivity contribution is 7.10. The van der Waals surface area contributed by atoms with Gasteiger partial charge in [-0.1, -0.05) is 6.07 Å². The Morgan fingerprint density at radius 2 is 2.03 bits per heavy atom. The average Bonchev–Trinajstić information content (AvgIpc) is 3.52. The van der Waals surface area contributed by atoms with Crippen molar-refractivity contribution in [1.29, 1.82) is 0 Å². The molecule has 0 saturated carbocycles. The molecule has 0 aliphatic carbocycles. The van der Waals surface area contributed by atoms with Crippen molar-refractivity contribution >= 4 is 29.2 Å². The van der Waals surface area contributed by atoms with Crippen LogP contribution in [0.1, 0.15) is 64.7 Å². The quantitative estimate of drug-likeness (QED) is 0.475. The highest BCUT2D eigenvalue weighted by atomic mass is 32.1. The maximum Gasteiger partial charge on any atom is 0.329 e. The van der Waals surface area contributed by atoms with Crippen LogP contribution in [0.4, 0.5) is 0 Å². The molecule has 0 bridgehead atoms. The van der Waals surface area contributed by atoms with Crippen LogP contribution in [0.3, 0.4) is 0 Å². The number of nitrogens with one attached hydrogen (secondary N) is 1. The summed E-state index contributed by atoms with van der Waals surface area (Å²) in [5.74, 6) is -2.56. The summed E-state index contributed by atoms with van der Waals surface area (Å²) in [5, 5.41) is 14.7. The van der Waals surface area contributed by atoms with Crippen LogP contribution in [0.2, 0.25) is 0 Å². The van der Waals surface area contributed by atoms with Crippen molar-refractivity contribution < 1.29 is 33.7 Å². The summed E-state index contributed by atoms with van der Waals surface area (Å²) in [7, 11) is 0. The minimum atomic E-state index is -1.02. The molecular formula is C24H36N2O7S. The van der Waals surface area contributed by atoms with Crippen LogP contribution >= 0.6 is 11.3 Å². The van der Waals surface area contributed by atoms with Gasteiger partial charge in [0.25, 0.3) is 0 Å². The summed E-state index contributed by atoms with van der Waals surface area (Å²) in [6.45, 7) is 8.45. The lowest BCUT2D eigenvalue weighted by Crippen LogP contribution is -2.53. The van der Waals surface area contributed by atoms with Crippen LogP contribution < -0.4 is 5.32 Å². The highest BCUT2D eigenvalue weighted by Crippen LogP contribution is 2.39. The van der Waals surface area contributed by atoms with Gasteiger partial charge in [-0.25, -0.2) is 4.79 Å². The minimum Gasteiger partial charge on any atom is -0.480 e. The number of likely N-dealkylation sites (tertiary alicyclic amines) is 1. The number of carbonyl (C=O) groups excluding carboxylic acids is 2. The molecule has 2 aliphatic rings. The first-order chi connectivity index (χ1) is 16.0. The van der Waals surface area contributed by atoms with Gasteiger partial charge < -0.3 is 24.2 Å². The van der Waals surface area contributed by atoms with Crippen LogP contribution in [-0.2, 0) is 34.4 Å². The van der Waals surface area contributed by atoms with Crippen molar-refractivity contribution in [2.75, 3.05) is 19.8 Å². The van der Waals surface area contributed by atoms with E-state index in [4.69, 9.17) is 14.2 Å². The predicted molar refractivity (Wildman–Crippen MR) is 126 cm³/mol. The Bertz CT molecular complexity index is 846. The topological polar surface area (TPSA) is 114 Å². The number of carbonyl (C=O) groups is 3. The third-order valence-electron chi connectivity index (χ3n) is 5.98. The lowest BCUT2D eigenvalue weighted by molar-refractivity contribution is -0.169. The van der Waals surface area contributed by atoms with Gasteiger partial charge in [-0.2, -0.15) is 0 Å². The Labute approximate surface area is 204 Å². The molecule has 190 valence electrons. The Morgan fingerprint density at radius 3 is 2.62 bits per heavy atom. The number of nitrogens with zero attached hydrogens (tertiary/aromatic N) is 1. The monoisotopic (exact) mass is 496 g/mol. The fraction of sp³-hybridized carbons (Fsp3) is 0.708. The number of aliphatic carboxylic acids is 1. The number of thiophene rings is 1. The van der Waals surface area contributed by atoms with Gasteiger partial charge in [0.05, 0.1) is 24.1 Å². The summed E-state index contributed by atoms with van der Waals surface area (Å²) < 4.78 is 17.3. The molecule has 3 atom stereocenters. The number of amides is 1. The molecule has 3 rings (SSSR count). The predicted octanol–water partition coefficient (Wildman–Crippen LogP) is 2.88. The largest absolute Gasteiger partial charge is 0.480 e. The fourth-order valence-electron chi connectivity index (χ4n) is 4.44. The van der Waals surface area contributed by atoms with Gasteiger partial charge in [0.1, 0.15) is 17.7 Å². The second kappa shape index (κ2) is 11.2. The summed E-state index contributed by atoms with van der Waals surface area (Å²) in [4.78, 5) is 40.1. The van der Waals surface area contributed by atoms with Crippen molar-refractivity contribution in [3.05, 3.63) is 22.4 Å². The lowest BCUT2D eigenvalue weighted by atomic mass is 10.0. The molecule has 3 heterocycles. The molecule has 1 amide bonds. The van der Waals surface area contributed by atoms with E-state index in [-0.39, 0.29) is 5.91 Å². The van der Waals surface area contributed by atoms with Crippen LogP contribution in [0.15, 0.2) is 17.5 Å². The van der Waals surface area contributed by atoms with Gasteiger partial charge in [0, 0.05) is 13.0 Å².